The molecule has 0 radical (unpaired) electrons. The summed E-state index contributed by atoms with van der Waals surface area (Å²) >= 11 is 0. The van der Waals surface area contributed by atoms with Crippen molar-refractivity contribution in [1.29, 1.82) is 0 Å². The van der Waals surface area contributed by atoms with Gasteiger partial charge in [-0.25, -0.2) is 0 Å². The Balaban J connectivity index is 1.61. The van der Waals surface area contributed by atoms with E-state index in [9.17, 15) is 4.79 Å². The summed E-state index contributed by atoms with van der Waals surface area (Å²) in [6, 6.07) is 0. The van der Waals surface area contributed by atoms with Gasteiger partial charge >= 0.3 is 176 Å². The summed E-state index contributed by atoms with van der Waals surface area (Å²) in [5.74, 6) is 1.47. The number of carbonyl (C=O) groups excluding carboxylic acids is 1. The van der Waals surface area contributed by atoms with Crippen molar-refractivity contribution in [3.8, 4) is 0 Å². The first-order valence-corrected chi connectivity index (χ1v) is 13.3. The van der Waals surface area contributed by atoms with E-state index in [1.807, 2.05) is 26.4 Å². The monoisotopic (exact) mass is 420 g/mol. The fourth-order valence-corrected chi connectivity index (χ4v) is 10.6. The molecule has 5 atom stereocenters. The third-order valence-corrected chi connectivity index (χ3v) is 12.6. The Morgan fingerprint density at radius 2 is 1.97 bits per heavy atom. The number of rotatable bonds is 4. The molecule has 0 aromatic carbocycles. The number of ether oxygens (including phenoxy) is 1. The van der Waals surface area contributed by atoms with Crippen LogP contribution in [0.2, 0.25) is 0 Å². The third-order valence-electron chi connectivity index (χ3n) is 9.03. The standard InChI is InChI=1S/C24H37O4P/c1-17-6-9-21-23(2)13-15-29(26-4,27-5)16-19(23)10-12-24(21,3)20(17)8-7-18-11-14-28-22(18)25/h7-8,11,19-21,29H,1,6,9-10,12-16H2,2-5H3/b8-7+. The number of allylic oxidation sites excluding steroid dienone is 2. The summed E-state index contributed by atoms with van der Waals surface area (Å²) in [6.07, 6.45) is 14.3. The Kier molecular flexibility index (Phi) is 5.59. The van der Waals surface area contributed by atoms with Gasteiger partial charge in [-0.1, -0.05) is 0 Å². The fraction of sp³-hybridized carbons (Fsp3) is 0.708. The van der Waals surface area contributed by atoms with Crippen molar-refractivity contribution in [2.45, 2.75) is 46.0 Å². The van der Waals surface area contributed by atoms with Gasteiger partial charge in [0.05, 0.1) is 0 Å². The van der Waals surface area contributed by atoms with Gasteiger partial charge in [-0.05, 0) is 0 Å². The molecule has 0 N–H and O–H groups in total. The van der Waals surface area contributed by atoms with Gasteiger partial charge in [0, 0.05) is 0 Å². The topological polar surface area (TPSA) is 44.8 Å². The molecule has 2 heterocycles. The molecule has 3 fully saturated rings. The third kappa shape index (κ3) is 3.36. The van der Waals surface area contributed by atoms with E-state index >= 15 is 0 Å². The molecule has 2 aliphatic heterocycles. The molecule has 0 bridgehead atoms. The van der Waals surface area contributed by atoms with Crippen molar-refractivity contribution >= 4 is 13.7 Å². The van der Waals surface area contributed by atoms with Crippen LogP contribution < -0.4 is 0 Å². The van der Waals surface area contributed by atoms with Gasteiger partial charge in [-0.15, -0.1) is 0 Å². The van der Waals surface area contributed by atoms with Crippen LogP contribution in [-0.4, -0.2) is 39.1 Å². The van der Waals surface area contributed by atoms with Crippen LogP contribution in [0.3, 0.4) is 0 Å². The Labute approximate surface area is 176 Å². The number of hydrogen-bond acceptors (Lipinski definition) is 4. The van der Waals surface area contributed by atoms with E-state index in [1.165, 1.54) is 31.3 Å². The van der Waals surface area contributed by atoms with Gasteiger partial charge in [-0.3, -0.25) is 0 Å². The van der Waals surface area contributed by atoms with Crippen LogP contribution in [0.4, 0.5) is 0 Å². The molecule has 5 unspecified atom stereocenters. The fourth-order valence-electron chi connectivity index (χ4n) is 7.18. The van der Waals surface area contributed by atoms with Gasteiger partial charge in [0.15, 0.2) is 0 Å². The van der Waals surface area contributed by atoms with E-state index in [1.54, 1.807) is 0 Å². The van der Waals surface area contributed by atoms with Crippen molar-refractivity contribution < 1.29 is 18.6 Å². The second-order valence-electron chi connectivity index (χ2n) is 10.1. The number of esters is 1. The Hall–Kier alpha value is -0.960. The van der Waals surface area contributed by atoms with Crippen LogP contribution in [0.15, 0.2) is 36.0 Å². The zero-order valence-corrected chi connectivity index (χ0v) is 19.5. The molecule has 4 rings (SSSR count). The second-order valence-corrected chi connectivity index (χ2v) is 13.7. The maximum atomic E-state index is 11.9. The minimum absolute atomic E-state index is 0.196. The average molecular weight is 421 g/mol. The number of fused-ring (bicyclic) bond motifs is 3. The van der Waals surface area contributed by atoms with Crippen LogP contribution in [0, 0.1) is 28.6 Å². The first-order valence-electron chi connectivity index (χ1n) is 11.1. The van der Waals surface area contributed by atoms with Crippen LogP contribution in [0.5, 0.6) is 0 Å². The van der Waals surface area contributed by atoms with Crippen molar-refractivity contribution in [2.75, 3.05) is 33.2 Å². The van der Waals surface area contributed by atoms with Gasteiger partial charge < -0.3 is 0 Å². The van der Waals surface area contributed by atoms with Gasteiger partial charge in [0.1, 0.15) is 0 Å². The molecule has 0 aromatic heterocycles. The number of cyclic esters (lactones) is 1. The molecule has 0 spiro atoms. The van der Waals surface area contributed by atoms with E-state index < -0.39 is 7.72 Å². The van der Waals surface area contributed by atoms with E-state index in [-0.39, 0.29) is 11.4 Å². The van der Waals surface area contributed by atoms with Crippen LogP contribution in [0.1, 0.15) is 46.0 Å². The molecule has 162 valence electrons. The van der Waals surface area contributed by atoms with Crippen molar-refractivity contribution in [3.05, 3.63) is 36.0 Å². The van der Waals surface area contributed by atoms with E-state index in [4.69, 9.17) is 13.8 Å². The van der Waals surface area contributed by atoms with Gasteiger partial charge in [0.25, 0.3) is 0 Å². The molecule has 4 nitrogen and oxygen atoms in total. The molecule has 1 saturated heterocycles. The molecule has 0 amide bonds. The van der Waals surface area contributed by atoms with E-state index in [0.717, 1.165) is 18.7 Å². The van der Waals surface area contributed by atoms with Crippen LogP contribution >= 0.6 is 7.72 Å². The summed E-state index contributed by atoms with van der Waals surface area (Å²) in [5.41, 5.74) is 2.54. The molecule has 4 aliphatic rings. The first kappa shape index (κ1) is 21.3. The molecule has 2 aliphatic carbocycles. The van der Waals surface area contributed by atoms with Crippen LogP contribution in [0.25, 0.3) is 0 Å². The normalized spacial score (nSPS) is 42.8. The quantitative estimate of drug-likeness (QED) is 0.351. The van der Waals surface area contributed by atoms with E-state index in [0.29, 0.717) is 35.3 Å². The summed E-state index contributed by atoms with van der Waals surface area (Å²) in [4.78, 5) is 11.9. The summed E-state index contributed by atoms with van der Waals surface area (Å²) in [6.45, 7) is 9.86. The van der Waals surface area contributed by atoms with Gasteiger partial charge in [0.2, 0.25) is 0 Å². The Morgan fingerprint density at radius 3 is 2.62 bits per heavy atom. The second kappa shape index (κ2) is 7.62. The zero-order valence-electron chi connectivity index (χ0n) is 18.5. The van der Waals surface area contributed by atoms with Crippen molar-refractivity contribution in [2.24, 2.45) is 28.6 Å². The first-order chi connectivity index (χ1) is 13.8. The molecule has 0 aromatic rings. The molecule has 5 heteroatoms. The minimum atomic E-state index is -2.03. The summed E-state index contributed by atoms with van der Waals surface area (Å²) in [5, 5.41) is 0. The number of carbonyl (C=O) groups is 1. The number of hydrogen-bond donors (Lipinski definition) is 0. The predicted molar refractivity (Wildman–Crippen MR) is 119 cm³/mol. The van der Waals surface area contributed by atoms with Crippen molar-refractivity contribution in [1.82, 2.24) is 0 Å². The SMILES string of the molecule is C=C1CCC2C3(C)CC[PH](OC)(OC)CC3CCC2(C)C1/C=C/C1=CCOC1=O. The molecular formula is C24H37O4P. The Morgan fingerprint density at radius 1 is 1.21 bits per heavy atom. The van der Waals surface area contributed by atoms with Gasteiger partial charge in [-0.2, -0.15) is 0 Å². The molecule has 2 saturated carbocycles. The van der Waals surface area contributed by atoms with Crippen molar-refractivity contribution in [3.63, 3.8) is 0 Å². The maximum absolute atomic E-state index is 11.9. The zero-order chi connectivity index (χ0) is 20.9. The summed E-state index contributed by atoms with van der Waals surface area (Å²) < 4.78 is 17.0. The predicted octanol–water partition coefficient (Wildman–Crippen LogP) is 5.31. The Bertz CT molecular complexity index is 752. The molecule has 29 heavy (non-hydrogen) atoms. The van der Waals surface area contributed by atoms with Crippen LogP contribution in [-0.2, 0) is 18.6 Å². The van der Waals surface area contributed by atoms with E-state index in [2.05, 4.69) is 26.5 Å². The summed E-state index contributed by atoms with van der Waals surface area (Å²) in [7, 11) is 1.67. The molecular weight excluding hydrogens is 383 g/mol. The average Bonchev–Trinajstić information content (AvgIpc) is 3.12.